The lowest BCUT2D eigenvalue weighted by molar-refractivity contribution is -0.125. The highest BCUT2D eigenvalue weighted by atomic mass is 79.9. The van der Waals surface area contributed by atoms with Crippen molar-refractivity contribution >= 4 is 132 Å². The lowest BCUT2D eigenvalue weighted by Crippen LogP contribution is -2.47. The third-order valence-corrected chi connectivity index (χ3v) is 29.6. The summed E-state index contributed by atoms with van der Waals surface area (Å²) < 4.78 is 29.8. The number of carbonyl (C=O) groups excluding carboxylic acids is 7. The number of methoxy groups -OCH3 is 3. The van der Waals surface area contributed by atoms with E-state index < -0.39 is 30.0 Å². The van der Waals surface area contributed by atoms with Gasteiger partial charge < -0.3 is 49.1 Å². The van der Waals surface area contributed by atoms with E-state index in [0.717, 1.165) is 161 Å². The van der Waals surface area contributed by atoms with E-state index in [-0.39, 0.29) is 105 Å². The summed E-state index contributed by atoms with van der Waals surface area (Å²) in [7, 11) is 4.10. The fourth-order valence-electron chi connectivity index (χ4n) is 17.7. The number of aliphatic hydroxyl groups is 2. The Labute approximate surface area is 744 Å². The predicted octanol–water partition coefficient (Wildman–Crippen LogP) is 22.6. The fourth-order valence-corrected chi connectivity index (χ4v) is 21.9. The van der Waals surface area contributed by atoms with Crippen LogP contribution in [0.5, 0.6) is 0 Å². The Morgan fingerprint density at radius 2 is 0.653 bits per heavy atom. The number of halogens is 2. The molecule has 7 fully saturated rings. The van der Waals surface area contributed by atoms with Gasteiger partial charge in [-0.15, -0.1) is 45.3 Å². The number of carboxylic acids is 1. The van der Waals surface area contributed by atoms with E-state index in [9.17, 15) is 58.1 Å². The number of allylic oxidation sites excluding steroid dienone is 1. The Bertz CT molecular complexity index is 4260. The number of thiophene rings is 4. The standard InChI is InChI=1S/C26H36FNO3S.C26H37NO4S.C25H33NO3S.C20H28BrNO4S/c1-17-6-8-18(9-7-17)24(29)28(20-12-10-19(27)11-13-20)22-16-21(14-15-26(2,3)4)32-23(22)25(30)31-5;1-17-6-8-18(9-7-17)24(29)27(19-10-12-20(28)13-11-19)22-16-21(14-15-26(2,3)4)32-23(22)25(30)31-5;1-17-10-12-18(13-11-17)23(27)26(19-8-6-5-7-9-19)21-16-20(14-15-25(2,3)4)30-22(21)24(28)29;1-12-3-5-13(6-4-12)19(24)22(14-7-9-15(23)10-8-14)16-11-17(21)27-18(16)20(25)26-2/h16-20H,6-13H2,1-5H3;16-20,28H,6-13H2,1-5H3;5-6,16-19H,7-13H2,1-4H3,(H,28,29);11-15,23H,3-10H2,1-2H3. The van der Waals surface area contributed by atoms with Crippen molar-refractivity contribution in [1.82, 2.24) is 0 Å². The number of rotatable bonds is 16. The summed E-state index contributed by atoms with van der Waals surface area (Å²) in [6.45, 7) is 27.3. The summed E-state index contributed by atoms with van der Waals surface area (Å²) in [5.74, 6) is 19.8. The molecule has 0 aliphatic heterocycles. The number of aromatic carboxylic acids is 1. The smallest absolute Gasteiger partial charge is 0.350 e. The van der Waals surface area contributed by atoms with Gasteiger partial charge in [-0.1, -0.05) is 75.4 Å². The largest absolute Gasteiger partial charge is 0.477 e. The van der Waals surface area contributed by atoms with Crippen LogP contribution in [0.4, 0.5) is 27.1 Å². The highest BCUT2D eigenvalue weighted by Gasteiger charge is 2.43. The number of nitrogens with zero attached hydrogens (tertiary/aromatic N) is 4. The minimum absolute atomic E-state index is 0.0113. The molecule has 12 rings (SSSR count). The van der Waals surface area contributed by atoms with E-state index in [0.29, 0.717) is 117 Å². The number of hydrogen-bond acceptors (Lipinski definition) is 17. The number of hydrogen-bond donors (Lipinski definition) is 3. The molecule has 24 heteroatoms. The van der Waals surface area contributed by atoms with Gasteiger partial charge >= 0.3 is 23.9 Å². The summed E-state index contributed by atoms with van der Waals surface area (Å²) in [4.78, 5) is 116. The number of carbonyl (C=O) groups is 8. The lowest BCUT2D eigenvalue weighted by atomic mass is 9.81. The van der Waals surface area contributed by atoms with E-state index in [1.165, 1.54) is 66.7 Å². The molecule has 0 saturated heterocycles. The van der Waals surface area contributed by atoms with Gasteiger partial charge in [-0.3, -0.25) is 19.2 Å². The molecule has 7 saturated carbocycles. The molecule has 4 aromatic heterocycles. The SMILES string of the molecule is CC1CCC(C(=O)N(c2cc(C#CC(C)(C)C)sc2C(=O)O)C2CC=CCC2)CC1.COC(=O)c1sc(Br)cc1N(C(=O)C1CCC(C)CC1)C1CCC(O)CC1.COC(=O)c1sc(C#CC(C)(C)C)cc1N(C(=O)C1CCC(C)CC1)C1CCC(F)CC1.COC(=O)c1sc(C#CC(C)(C)C)cc1N(C(=O)C1CCC(C)CC1)C1CCC(O)CC1. The number of aliphatic hydroxyl groups excluding tert-OH is 2. The van der Waals surface area contributed by atoms with Gasteiger partial charge in [0, 0.05) is 64.1 Å². The maximum absolute atomic E-state index is 13.9. The molecule has 0 radical (unpaired) electrons. The van der Waals surface area contributed by atoms with E-state index in [1.807, 2.05) is 106 Å². The molecule has 8 aliphatic rings. The summed E-state index contributed by atoms with van der Waals surface area (Å²) in [5, 5.41) is 29.8. The molecule has 4 heterocycles. The Kier molecular flexibility index (Phi) is 36.4. The maximum atomic E-state index is 13.9. The van der Waals surface area contributed by atoms with Crippen LogP contribution in [0.3, 0.4) is 0 Å². The van der Waals surface area contributed by atoms with Gasteiger partial charge in [-0.05, 0) is 325 Å². The van der Waals surface area contributed by atoms with E-state index in [2.05, 4.69) is 91.3 Å². The lowest BCUT2D eigenvalue weighted by Gasteiger charge is -2.38. The molecule has 664 valence electrons. The molecule has 121 heavy (non-hydrogen) atoms. The van der Waals surface area contributed by atoms with Crippen molar-refractivity contribution in [3.63, 3.8) is 0 Å². The molecule has 1 atom stereocenters. The van der Waals surface area contributed by atoms with Crippen LogP contribution in [0, 0.1) is 99.1 Å². The molecule has 0 spiro atoms. The summed E-state index contributed by atoms with van der Waals surface area (Å²) in [6, 6.07) is 7.36. The molecular weight excluding hydrogens is 1670 g/mol. The Balaban J connectivity index is 0.000000184. The molecular formula is C97H134BrFN4O14S4. The van der Waals surface area contributed by atoms with Gasteiger partial charge in [0.15, 0.2) is 0 Å². The second-order valence-electron chi connectivity index (χ2n) is 38.4. The summed E-state index contributed by atoms with van der Waals surface area (Å²) >= 11 is 8.52. The van der Waals surface area contributed by atoms with Gasteiger partial charge in [0.25, 0.3) is 0 Å². The van der Waals surface area contributed by atoms with Crippen LogP contribution in [0.15, 0.2) is 40.2 Å². The summed E-state index contributed by atoms with van der Waals surface area (Å²) in [5.41, 5.74) is 1.90. The zero-order valence-electron chi connectivity index (χ0n) is 74.6. The highest BCUT2D eigenvalue weighted by Crippen LogP contribution is 2.46. The second kappa shape index (κ2) is 45.0. The zero-order chi connectivity index (χ0) is 88.4. The molecule has 0 aromatic carbocycles. The van der Waals surface area contributed by atoms with Crippen LogP contribution in [-0.4, -0.2) is 127 Å². The normalized spacial score (nSPS) is 26.1. The Morgan fingerprint density at radius 3 is 0.934 bits per heavy atom. The predicted molar refractivity (Wildman–Crippen MR) is 490 cm³/mol. The maximum Gasteiger partial charge on any atom is 0.350 e. The van der Waals surface area contributed by atoms with Gasteiger partial charge in [0.1, 0.15) is 25.7 Å². The van der Waals surface area contributed by atoms with Gasteiger partial charge in [-0.25, -0.2) is 23.6 Å². The first-order valence-corrected chi connectivity index (χ1v) is 48.6. The first kappa shape index (κ1) is 98.1. The monoisotopic (exact) mass is 1800 g/mol. The van der Waals surface area contributed by atoms with Gasteiger partial charge in [0.05, 0.1) is 74.7 Å². The zero-order valence-corrected chi connectivity index (χ0v) is 79.4. The minimum Gasteiger partial charge on any atom is -0.477 e. The average Bonchev–Trinajstić information content (AvgIpc) is 1.69. The number of alkyl halides is 1. The van der Waals surface area contributed by atoms with Crippen molar-refractivity contribution in [2.45, 2.75) is 332 Å². The van der Waals surface area contributed by atoms with E-state index in [1.54, 1.807) is 0 Å². The van der Waals surface area contributed by atoms with Crippen molar-refractivity contribution in [1.29, 1.82) is 0 Å². The molecule has 4 aromatic rings. The van der Waals surface area contributed by atoms with Crippen molar-refractivity contribution in [2.75, 3.05) is 40.9 Å². The highest BCUT2D eigenvalue weighted by molar-refractivity contribution is 9.11. The molecule has 18 nitrogen and oxygen atoms in total. The molecule has 3 N–H and O–H groups in total. The van der Waals surface area contributed by atoms with Crippen LogP contribution in [-0.2, 0) is 33.4 Å². The third-order valence-electron chi connectivity index (χ3n) is 24.9. The minimum atomic E-state index is -0.986. The van der Waals surface area contributed by atoms with Crippen LogP contribution in [0.1, 0.15) is 342 Å². The quantitative estimate of drug-likeness (QED) is 0.0409. The van der Waals surface area contributed by atoms with Gasteiger partial charge in [-0.2, -0.15) is 0 Å². The topological polar surface area (TPSA) is 238 Å². The first-order valence-electron chi connectivity index (χ1n) is 44.5. The first-order chi connectivity index (χ1) is 57.2. The summed E-state index contributed by atoms with van der Waals surface area (Å²) in [6.07, 6.45) is 28.8. The van der Waals surface area contributed by atoms with Crippen LogP contribution in [0.25, 0.3) is 0 Å². The van der Waals surface area contributed by atoms with Crippen molar-refractivity contribution < 1.29 is 72.3 Å². The molecule has 4 amide bonds. The molecule has 8 aliphatic carbocycles. The Hall–Kier alpha value is -6.69. The Morgan fingerprint density at radius 1 is 0.380 bits per heavy atom. The molecule has 1 unspecified atom stereocenters. The number of ether oxygens (including phenoxy) is 3. The third kappa shape index (κ3) is 28.2. The van der Waals surface area contributed by atoms with Gasteiger partial charge in [0.2, 0.25) is 23.6 Å². The number of esters is 3. The molecule has 0 bridgehead atoms. The fraction of sp³-hybridized carbons (Fsp3) is 0.670. The van der Waals surface area contributed by atoms with Crippen LogP contribution in [0.2, 0.25) is 0 Å². The number of anilines is 4. The van der Waals surface area contributed by atoms with Crippen molar-refractivity contribution in [3.8, 4) is 35.5 Å². The van der Waals surface area contributed by atoms with Crippen molar-refractivity contribution in [2.24, 2.45) is 63.6 Å². The van der Waals surface area contributed by atoms with Crippen LogP contribution >= 0.6 is 61.3 Å². The number of carboxylic acid groups (broad SMARTS) is 1. The van der Waals surface area contributed by atoms with E-state index in [4.69, 9.17) is 14.2 Å². The number of amides is 4. The van der Waals surface area contributed by atoms with Crippen molar-refractivity contribution in [3.05, 3.63) is 74.3 Å². The van der Waals surface area contributed by atoms with E-state index >= 15 is 0 Å². The second-order valence-corrected chi connectivity index (χ2v) is 44.0. The average molecular weight is 1810 g/mol. The van der Waals surface area contributed by atoms with Crippen LogP contribution < -0.4 is 19.6 Å².